The van der Waals surface area contributed by atoms with Crippen molar-refractivity contribution in [2.45, 2.75) is 105 Å². The second kappa shape index (κ2) is 11.1. The largest absolute Gasteiger partial charge is 0.436 e. The van der Waals surface area contributed by atoms with Gasteiger partial charge in [-0.15, -0.1) is 0 Å². The molecule has 1 N–H and O–H groups in total. The summed E-state index contributed by atoms with van der Waals surface area (Å²) in [5, 5.41) is 7.17. The number of carbonyl (C=O) groups is 2. The molecule has 0 aromatic heterocycles. The molecule has 9 heteroatoms. The van der Waals surface area contributed by atoms with Gasteiger partial charge in [0.15, 0.2) is 0 Å². The maximum Gasteiger partial charge on any atom is 0.436 e. The summed E-state index contributed by atoms with van der Waals surface area (Å²) in [6, 6.07) is 0.100. The van der Waals surface area contributed by atoms with E-state index in [1.807, 2.05) is 20.8 Å². The molecule has 0 spiro atoms. The van der Waals surface area contributed by atoms with Crippen LogP contribution in [0.1, 0.15) is 92.4 Å². The van der Waals surface area contributed by atoms with Crippen LogP contribution in [0.4, 0.5) is 18.0 Å². The number of alkyl halides is 3. The molecule has 7 atom stereocenters. The number of rotatable bonds is 7. The molecule has 0 aromatic carbocycles. The lowest BCUT2D eigenvalue weighted by atomic mass is 9.44. The second-order valence-electron chi connectivity index (χ2n) is 13.3. The number of amides is 1. The van der Waals surface area contributed by atoms with Crippen molar-refractivity contribution in [2.24, 2.45) is 45.6 Å². The van der Waals surface area contributed by atoms with E-state index in [0.29, 0.717) is 40.1 Å². The zero-order valence-electron chi connectivity index (χ0n) is 23.7. The molecule has 0 heterocycles. The molecule has 38 heavy (non-hydrogen) atoms. The molecule has 4 aliphatic rings. The minimum atomic E-state index is -4.51. The Hall–Kier alpha value is -1.64. The summed E-state index contributed by atoms with van der Waals surface area (Å²) in [4.78, 5) is 30.6. The van der Waals surface area contributed by atoms with Gasteiger partial charge in [-0.3, -0.25) is 14.5 Å². The number of hydrogen-bond donors (Lipinski definition) is 1. The van der Waals surface area contributed by atoms with Gasteiger partial charge in [0.1, 0.15) is 12.3 Å². The summed E-state index contributed by atoms with van der Waals surface area (Å²) in [6.07, 6.45) is 3.49. The summed E-state index contributed by atoms with van der Waals surface area (Å²) < 4.78 is 39.3. The van der Waals surface area contributed by atoms with E-state index in [1.165, 1.54) is 6.42 Å². The van der Waals surface area contributed by atoms with Crippen molar-refractivity contribution in [2.75, 3.05) is 19.6 Å². The molecule has 4 rings (SSSR count). The van der Waals surface area contributed by atoms with Crippen LogP contribution in [-0.4, -0.2) is 54.3 Å². The highest BCUT2D eigenvalue weighted by molar-refractivity contribution is 5.85. The zero-order chi connectivity index (χ0) is 27.9. The van der Waals surface area contributed by atoms with Crippen LogP contribution in [0.2, 0.25) is 0 Å². The average Bonchev–Trinajstić information content (AvgIpc) is 3.18. The topological polar surface area (TPSA) is 71.0 Å². The molecule has 0 radical (unpaired) electrons. The molecule has 0 bridgehead atoms. The number of Topliss-reactive ketones (excluding diaryl/α,β-unsaturated/α-hetero) is 1. The van der Waals surface area contributed by atoms with Crippen LogP contribution in [0.3, 0.4) is 0 Å². The highest BCUT2D eigenvalue weighted by Gasteiger charge is 2.60. The van der Waals surface area contributed by atoms with E-state index in [9.17, 15) is 22.8 Å². The van der Waals surface area contributed by atoms with Gasteiger partial charge >= 0.3 is 12.3 Å². The Kier molecular flexibility index (Phi) is 8.56. The molecular weight excluding hydrogens is 495 g/mol. The van der Waals surface area contributed by atoms with Crippen molar-refractivity contribution < 1.29 is 27.6 Å². The van der Waals surface area contributed by atoms with Crippen molar-refractivity contribution in [3.05, 3.63) is 0 Å². The lowest BCUT2D eigenvalue weighted by Gasteiger charge is -2.60. The van der Waals surface area contributed by atoms with Gasteiger partial charge < -0.3 is 5.32 Å². The summed E-state index contributed by atoms with van der Waals surface area (Å²) in [5.74, 6) is 2.95. The quantitative estimate of drug-likeness (QED) is 0.224. The van der Waals surface area contributed by atoms with Crippen LogP contribution in [0.5, 0.6) is 0 Å². The van der Waals surface area contributed by atoms with Crippen molar-refractivity contribution in [3.63, 3.8) is 0 Å². The van der Waals surface area contributed by atoms with Crippen molar-refractivity contribution in [3.8, 4) is 0 Å². The Labute approximate surface area is 225 Å². The Morgan fingerprint density at radius 3 is 2.50 bits per heavy atom. The number of ketones is 1. The first kappa shape index (κ1) is 29.3. The standard InChI is InChI=1S/C29H46F3N3O3/c1-18(2)33-14-15-35(17-29(30,31)32)26(37)38-34-19(3)23-8-9-24-22-7-6-20-16-21(36)10-12-27(20,4)25(22)11-13-28(23,24)5/h18,20,22-25,33H,6-17H2,1-5H3/b34-19+/t20-,22-,23+,24-,25-,27-,28+/m0/s1. The molecule has 4 fully saturated rings. The van der Waals surface area contributed by atoms with Gasteiger partial charge in [-0.05, 0) is 86.4 Å². The Morgan fingerprint density at radius 2 is 1.82 bits per heavy atom. The smallest absolute Gasteiger partial charge is 0.313 e. The van der Waals surface area contributed by atoms with Crippen LogP contribution in [0.25, 0.3) is 0 Å². The number of nitrogens with zero attached hydrogens (tertiary/aromatic N) is 2. The minimum absolute atomic E-state index is 0.0433. The van der Waals surface area contributed by atoms with Gasteiger partial charge in [-0.1, -0.05) is 32.9 Å². The van der Waals surface area contributed by atoms with Gasteiger partial charge in [0.25, 0.3) is 0 Å². The third-order valence-electron chi connectivity index (χ3n) is 10.8. The Morgan fingerprint density at radius 1 is 1.11 bits per heavy atom. The summed E-state index contributed by atoms with van der Waals surface area (Å²) in [7, 11) is 0. The van der Waals surface area contributed by atoms with Gasteiger partial charge in [0, 0.05) is 37.9 Å². The molecule has 0 aromatic rings. The van der Waals surface area contributed by atoms with Gasteiger partial charge in [-0.2, -0.15) is 13.2 Å². The van der Waals surface area contributed by atoms with E-state index in [4.69, 9.17) is 4.84 Å². The fraction of sp³-hybridized carbons (Fsp3) is 0.897. The number of nitrogens with one attached hydrogen (secondary N) is 1. The molecule has 4 aliphatic carbocycles. The monoisotopic (exact) mass is 541 g/mol. The van der Waals surface area contributed by atoms with Gasteiger partial charge in [-0.25, -0.2) is 4.79 Å². The second-order valence-corrected chi connectivity index (χ2v) is 13.3. The lowest BCUT2D eigenvalue weighted by molar-refractivity contribution is -0.142. The van der Waals surface area contributed by atoms with Crippen LogP contribution in [0.15, 0.2) is 5.16 Å². The van der Waals surface area contributed by atoms with Crippen LogP contribution < -0.4 is 5.32 Å². The fourth-order valence-electron chi connectivity index (χ4n) is 8.90. The predicted molar refractivity (Wildman–Crippen MR) is 141 cm³/mol. The number of carbonyl (C=O) groups excluding carboxylic acids is 2. The van der Waals surface area contributed by atoms with Crippen LogP contribution >= 0.6 is 0 Å². The average molecular weight is 542 g/mol. The van der Waals surface area contributed by atoms with Crippen LogP contribution in [-0.2, 0) is 9.63 Å². The van der Waals surface area contributed by atoms with E-state index in [2.05, 4.69) is 24.3 Å². The molecule has 1 amide bonds. The summed E-state index contributed by atoms with van der Waals surface area (Å²) >= 11 is 0. The van der Waals surface area contributed by atoms with E-state index in [0.717, 1.165) is 51.4 Å². The van der Waals surface area contributed by atoms with Gasteiger partial charge in [0.05, 0.1) is 5.71 Å². The molecular formula is C29H46F3N3O3. The summed E-state index contributed by atoms with van der Waals surface area (Å²) in [5.41, 5.74) is 1.00. The third-order valence-corrected chi connectivity index (χ3v) is 10.8. The maximum absolute atomic E-state index is 13.1. The Balaban J connectivity index is 1.42. The van der Waals surface area contributed by atoms with Crippen molar-refractivity contribution >= 4 is 17.6 Å². The predicted octanol–water partition coefficient (Wildman–Crippen LogP) is 6.59. The molecule has 0 unspecified atom stereocenters. The summed E-state index contributed by atoms with van der Waals surface area (Å²) in [6.45, 7) is 9.20. The van der Waals surface area contributed by atoms with E-state index >= 15 is 0 Å². The minimum Gasteiger partial charge on any atom is -0.313 e. The number of hydrogen-bond acceptors (Lipinski definition) is 5. The number of fused-ring (bicyclic) bond motifs is 5. The SMILES string of the molecule is C/C(=N\OC(=O)N(CCNC(C)C)CC(F)(F)F)[C@H]1CC[C@H]2[C@@H]3CC[C@H]4CC(=O)CC[C@]4(C)[C@H]3CC[C@]12C. The molecule has 216 valence electrons. The molecule has 6 nitrogen and oxygen atoms in total. The molecule has 0 saturated heterocycles. The third kappa shape index (κ3) is 5.92. The highest BCUT2D eigenvalue weighted by atomic mass is 19.4. The molecule has 0 aliphatic heterocycles. The lowest BCUT2D eigenvalue weighted by Crippen LogP contribution is -2.53. The first-order valence-corrected chi connectivity index (χ1v) is 14.6. The van der Waals surface area contributed by atoms with Crippen molar-refractivity contribution in [1.82, 2.24) is 10.2 Å². The zero-order valence-corrected chi connectivity index (χ0v) is 23.7. The van der Waals surface area contributed by atoms with E-state index in [-0.39, 0.29) is 35.9 Å². The first-order valence-electron chi connectivity index (χ1n) is 14.6. The van der Waals surface area contributed by atoms with E-state index in [1.54, 1.807) is 0 Å². The highest BCUT2D eigenvalue weighted by Crippen LogP contribution is 2.67. The van der Waals surface area contributed by atoms with E-state index < -0.39 is 18.8 Å². The number of oxime groups is 1. The van der Waals surface area contributed by atoms with Crippen molar-refractivity contribution in [1.29, 1.82) is 0 Å². The van der Waals surface area contributed by atoms with Gasteiger partial charge in [0.2, 0.25) is 0 Å². The normalized spacial score (nSPS) is 37.4. The van der Waals surface area contributed by atoms with Crippen LogP contribution in [0, 0.1) is 40.4 Å². The Bertz CT molecular complexity index is 922. The fourth-order valence-corrected chi connectivity index (χ4v) is 8.90. The maximum atomic E-state index is 13.1. The number of halogens is 3. The first-order chi connectivity index (χ1) is 17.7. The molecule has 4 saturated carbocycles.